The summed E-state index contributed by atoms with van der Waals surface area (Å²) in [6, 6.07) is 7.46. The van der Waals surface area contributed by atoms with E-state index >= 15 is 0 Å². The van der Waals surface area contributed by atoms with Gasteiger partial charge in [0.2, 0.25) is 11.8 Å². The van der Waals surface area contributed by atoms with Gasteiger partial charge < -0.3 is 21.1 Å². The van der Waals surface area contributed by atoms with Gasteiger partial charge in [-0.05, 0) is 5.56 Å². The van der Waals surface area contributed by atoms with Crippen molar-refractivity contribution in [1.29, 1.82) is 0 Å². The highest BCUT2D eigenvalue weighted by Crippen LogP contribution is 2.04. The zero-order chi connectivity index (χ0) is 17.2. The number of thiol groups is 1. The van der Waals surface area contributed by atoms with Gasteiger partial charge in [-0.25, -0.2) is 4.79 Å². The van der Waals surface area contributed by atoms with Crippen LogP contribution in [0.25, 0.3) is 0 Å². The first-order valence-electron chi connectivity index (χ1n) is 7.04. The SMILES string of the molecule is COC(=O)[C@H](CS)NC(=O)[C@H](Cc1ccccc1)NC(=O)CN. The van der Waals surface area contributed by atoms with Crippen LogP contribution in [0.4, 0.5) is 0 Å². The van der Waals surface area contributed by atoms with Crippen molar-refractivity contribution >= 4 is 30.4 Å². The van der Waals surface area contributed by atoms with Crippen LogP contribution >= 0.6 is 12.6 Å². The van der Waals surface area contributed by atoms with Crippen LogP contribution in [0.3, 0.4) is 0 Å². The minimum Gasteiger partial charge on any atom is -0.467 e. The third-order valence-electron chi connectivity index (χ3n) is 3.10. The minimum absolute atomic E-state index is 0.0846. The number of esters is 1. The number of amides is 2. The molecule has 23 heavy (non-hydrogen) atoms. The monoisotopic (exact) mass is 339 g/mol. The number of nitrogens with one attached hydrogen (secondary N) is 2. The van der Waals surface area contributed by atoms with Gasteiger partial charge in [0.05, 0.1) is 13.7 Å². The first-order valence-corrected chi connectivity index (χ1v) is 7.67. The highest BCUT2D eigenvalue weighted by atomic mass is 32.1. The van der Waals surface area contributed by atoms with Crippen molar-refractivity contribution in [1.82, 2.24) is 10.6 Å². The normalized spacial score (nSPS) is 12.8. The molecular weight excluding hydrogens is 318 g/mol. The molecule has 1 rings (SSSR count). The molecule has 0 saturated carbocycles. The van der Waals surface area contributed by atoms with Crippen LogP contribution in [-0.4, -0.2) is 49.3 Å². The maximum Gasteiger partial charge on any atom is 0.329 e. The minimum atomic E-state index is -0.885. The van der Waals surface area contributed by atoms with Crippen molar-refractivity contribution in [2.75, 3.05) is 19.4 Å². The molecule has 0 aromatic heterocycles. The van der Waals surface area contributed by atoms with Gasteiger partial charge in [0.25, 0.3) is 0 Å². The van der Waals surface area contributed by atoms with Crippen molar-refractivity contribution in [2.24, 2.45) is 5.73 Å². The highest BCUT2D eigenvalue weighted by Gasteiger charge is 2.26. The number of nitrogens with two attached hydrogens (primary N) is 1. The summed E-state index contributed by atoms with van der Waals surface area (Å²) in [5, 5.41) is 5.07. The van der Waals surface area contributed by atoms with E-state index in [0.717, 1.165) is 5.56 Å². The summed E-state index contributed by atoms with van der Waals surface area (Å²) in [5.41, 5.74) is 6.15. The molecule has 0 aliphatic heterocycles. The van der Waals surface area contributed by atoms with Crippen LogP contribution in [-0.2, 0) is 25.5 Å². The van der Waals surface area contributed by atoms with Crippen LogP contribution in [0, 0.1) is 0 Å². The second-order valence-corrected chi connectivity index (χ2v) is 5.15. The van der Waals surface area contributed by atoms with Gasteiger partial charge in [0.15, 0.2) is 0 Å². The quantitative estimate of drug-likeness (QED) is 0.368. The molecular formula is C15H21N3O4S. The lowest BCUT2D eigenvalue weighted by molar-refractivity contribution is -0.144. The summed E-state index contributed by atoms with van der Waals surface area (Å²) < 4.78 is 4.59. The van der Waals surface area contributed by atoms with E-state index in [-0.39, 0.29) is 18.7 Å². The van der Waals surface area contributed by atoms with E-state index in [1.54, 1.807) is 0 Å². The number of hydrogen-bond donors (Lipinski definition) is 4. The molecule has 0 aliphatic rings. The van der Waals surface area contributed by atoms with Gasteiger partial charge in [-0.2, -0.15) is 12.6 Å². The lowest BCUT2D eigenvalue weighted by atomic mass is 10.0. The van der Waals surface area contributed by atoms with Crippen molar-refractivity contribution in [2.45, 2.75) is 18.5 Å². The largest absolute Gasteiger partial charge is 0.467 e. The predicted octanol–water partition coefficient (Wildman–Crippen LogP) is -0.740. The second kappa shape index (κ2) is 9.86. The van der Waals surface area contributed by atoms with Gasteiger partial charge in [0.1, 0.15) is 12.1 Å². The Hall–Kier alpha value is -2.06. The fraction of sp³-hybridized carbons (Fsp3) is 0.400. The molecule has 0 saturated heterocycles. The van der Waals surface area contributed by atoms with Crippen molar-refractivity contribution in [3.63, 3.8) is 0 Å². The Morgan fingerprint density at radius 3 is 2.35 bits per heavy atom. The number of carbonyl (C=O) groups excluding carboxylic acids is 3. The van der Waals surface area contributed by atoms with Crippen molar-refractivity contribution in [3.8, 4) is 0 Å². The summed E-state index contributed by atoms with van der Waals surface area (Å²) >= 11 is 4.02. The van der Waals surface area contributed by atoms with Gasteiger partial charge in [-0.1, -0.05) is 30.3 Å². The zero-order valence-corrected chi connectivity index (χ0v) is 13.7. The smallest absolute Gasteiger partial charge is 0.329 e. The lowest BCUT2D eigenvalue weighted by Gasteiger charge is -2.21. The second-order valence-electron chi connectivity index (χ2n) is 4.78. The Morgan fingerprint density at radius 2 is 1.83 bits per heavy atom. The summed E-state index contributed by atoms with van der Waals surface area (Å²) in [7, 11) is 1.22. The summed E-state index contributed by atoms with van der Waals surface area (Å²) in [6.07, 6.45) is 0.277. The fourth-order valence-corrected chi connectivity index (χ4v) is 2.15. The first-order chi connectivity index (χ1) is 11.0. The summed E-state index contributed by atoms with van der Waals surface area (Å²) in [5.74, 6) is -1.47. The van der Waals surface area contributed by atoms with Crippen LogP contribution < -0.4 is 16.4 Å². The molecule has 126 valence electrons. The number of rotatable bonds is 8. The zero-order valence-electron chi connectivity index (χ0n) is 12.8. The Balaban J connectivity index is 2.83. The lowest BCUT2D eigenvalue weighted by Crippen LogP contribution is -2.54. The predicted molar refractivity (Wildman–Crippen MR) is 88.9 cm³/mol. The molecule has 4 N–H and O–H groups in total. The molecule has 2 amide bonds. The number of benzene rings is 1. The van der Waals surface area contributed by atoms with Crippen LogP contribution in [0.15, 0.2) is 30.3 Å². The molecule has 2 atom stereocenters. The van der Waals surface area contributed by atoms with E-state index in [1.807, 2.05) is 30.3 Å². The molecule has 0 bridgehead atoms. The van der Waals surface area contributed by atoms with Gasteiger partial charge in [0, 0.05) is 12.2 Å². The number of hydrogen-bond acceptors (Lipinski definition) is 6. The molecule has 7 nitrogen and oxygen atoms in total. The average molecular weight is 339 g/mol. The molecule has 0 radical (unpaired) electrons. The number of ether oxygens (including phenoxy) is 1. The Kier molecular flexibility index (Phi) is 8.14. The average Bonchev–Trinajstić information content (AvgIpc) is 2.58. The van der Waals surface area contributed by atoms with E-state index in [0.29, 0.717) is 0 Å². The molecule has 0 unspecified atom stereocenters. The Morgan fingerprint density at radius 1 is 1.17 bits per heavy atom. The Bertz CT molecular complexity index is 539. The van der Waals surface area contributed by atoms with E-state index in [4.69, 9.17) is 5.73 Å². The number of carbonyl (C=O) groups is 3. The third-order valence-corrected chi connectivity index (χ3v) is 3.47. The van der Waals surface area contributed by atoms with Crippen LogP contribution in [0.2, 0.25) is 0 Å². The Labute approximate surface area is 140 Å². The molecule has 0 fully saturated rings. The summed E-state index contributed by atoms with van der Waals surface area (Å²) in [6.45, 7) is -0.231. The van der Waals surface area contributed by atoms with E-state index in [9.17, 15) is 14.4 Å². The van der Waals surface area contributed by atoms with Gasteiger partial charge in [-0.15, -0.1) is 0 Å². The molecule has 1 aromatic rings. The highest BCUT2D eigenvalue weighted by molar-refractivity contribution is 7.80. The molecule has 1 aromatic carbocycles. The summed E-state index contributed by atoms with van der Waals surface area (Å²) in [4.78, 5) is 35.5. The maximum atomic E-state index is 12.4. The topological polar surface area (TPSA) is 111 Å². The fourth-order valence-electron chi connectivity index (χ4n) is 1.91. The molecule has 0 heterocycles. The van der Waals surface area contributed by atoms with E-state index in [2.05, 4.69) is 28.0 Å². The first kappa shape index (κ1) is 19.0. The van der Waals surface area contributed by atoms with Crippen LogP contribution in [0.1, 0.15) is 5.56 Å². The number of methoxy groups -OCH3 is 1. The molecule has 0 spiro atoms. The van der Waals surface area contributed by atoms with Crippen molar-refractivity contribution in [3.05, 3.63) is 35.9 Å². The van der Waals surface area contributed by atoms with Gasteiger partial charge in [-0.3, -0.25) is 9.59 Å². The van der Waals surface area contributed by atoms with E-state index < -0.39 is 29.9 Å². The molecule has 0 aliphatic carbocycles. The maximum absolute atomic E-state index is 12.4. The molecule has 8 heteroatoms. The van der Waals surface area contributed by atoms with Gasteiger partial charge >= 0.3 is 5.97 Å². The third kappa shape index (κ3) is 6.29. The van der Waals surface area contributed by atoms with Crippen LogP contribution in [0.5, 0.6) is 0 Å². The van der Waals surface area contributed by atoms with E-state index in [1.165, 1.54) is 7.11 Å². The standard InChI is InChI=1S/C15H21N3O4S/c1-22-15(21)12(9-23)18-14(20)11(17-13(19)8-16)7-10-5-3-2-4-6-10/h2-6,11-12,23H,7-9,16H2,1H3,(H,17,19)(H,18,20)/t11-,12-/m0/s1. The van der Waals surface area contributed by atoms with Crippen molar-refractivity contribution < 1.29 is 19.1 Å².